The van der Waals surface area contributed by atoms with E-state index in [2.05, 4.69) is 29.1 Å². The zero-order valence-electron chi connectivity index (χ0n) is 12.7. The van der Waals surface area contributed by atoms with Gasteiger partial charge in [-0.1, -0.05) is 6.42 Å². The van der Waals surface area contributed by atoms with Gasteiger partial charge in [-0.2, -0.15) is 0 Å². The van der Waals surface area contributed by atoms with Crippen LogP contribution in [0.15, 0.2) is 0 Å². The second-order valence-electron chi connectivity index (χ2n) is 5.45. The zero-order chi connectivity index (χ0) is 14.9. The Morgan fingerprint density at radius 3 is 2.05 bits per heavy atom. The SMILES string of the molecule is COC(=O)CCCCC(CC(=O)OC)O[Si](C)(C)C. The summed E-state index contributed by atoms with van der Waals surface area (Å²) in [6, 6.07) is 0. The number of hydrogen-bond donors (Lipinski definition) is 0. The second kappa shape index (κ2) is 9.09. The Kier molecular flexibility index (Phi) is 8.67. The van der Waals surface area contributed by atoms with Gasteiger partial charge in [-0.05, 0) is 32.5 Å². The first-order chi connectivity index (χ1) is 8.78. The lowest BCUT2D eigenvalue weighted by Gasteiger charge is -2.25. The molecule has 0 aromatic heterocycles. The van der Waals surface area contributed by atoms with Gasteiger partial charge in [0.1, 0.15) is 0 Å². The van der Waals surface area contributed by atoms with E-state index in [1.165, 1.54) is 14.2 Å². The van der Waals surface area contributed by atoms with E-state index in [-0.39, 0.29) is 24.5 Å². The molecule has 0 spiro atoms. The Balaban J connectivity index is 4.12. The van der Waals surface area contributed by atoms with Crippen LogP contribution in [-0.4, -0.2) is 40.6 Å². The quantitative estimate of drug-likeness (QED) is 0.371. The third-order valence-electron chi connectivity index (χ3n) is 2.53. The molecule has 0 fully saturated rings. The first-order valence-electron chi connectivity index (χ1n) is 6.60. The Hall–Kier alpha value is -0.883. The van der Waals surface area contributed by atoms with Crippen molar-refractivity contribution < 1.29 is 23.5 Å². The van der Waals surface area contributed by atoms with Crippen molar-refractivity contribution in [2.45, 2.75) is 57.8 Å². The van der Waals surface area contributed by atoms with E-state index >= 15 is 0 Å². The lowest BCUT2D eigenvalue weighted by molar-refractivity contribution is -0.143. The fraction of sp³-hybridized carbons (Fsp3) is 0.846. The molecule has 19 heavy (non-hydrogen) atoms. The molecule has 5 nitrogen and oxygen atoms in total. The van der Waals surface area contributed by atoms with Gasteiger partial charge in [0.25, 0.3) is 0 Å². The summed E-state index contributed by atoms with van der Waals surface area (Å²) in [6.07, 6.45) is 2.92. The normalized spacial score (nSPS) is 12.9. The molecule has 0 rings (SSSR count). The smallest absolute Gasteiger partial charge is 0.308 e. The van der Waals surface area contributed by atoms with E-state index in [1.54, 1.807) is 0 Å². The highest BCUT2D eigenvalue weighted by molar-refractivity contribution is 6.69. The van der Waals surface area contributed by atoms with Crippen LogP contribution in [-0.2, 0) is 23.5 Å². The first kappa shape index (κ1) is 18.1. The molecule has 0 saturated carbocycles. The van der Waals surface area contributed by atoms with Crippen LogP contribution < -0.4 is 0 Å². The number of methoxy groups -OCH3 is 2. The van der Waals surface area contributed by atoms with Crippen molar-refractivity contribution in [2.24, 2.45) is 0 Å². The molecule has 1 atom stereocenters. The Bertz CT molecular complexity index is 285. The molecular weight excluding hydrogens is 264 g/mol. The van der Waals surface area contributed by atoms with Gasteiger partial charge in [0.05, 0.1) is 26.7 Å². The molecule has 0 N–H and O–H groups in total. The molecule has 0 saturated heterocycles. The van der Waals surface area contributed by atoms with Gasteiger partial charge in [-0.15, -0.1) is 0 Å². The highest BCUT2D eigenvalue weighted by Crippen LogP contribution is 2.17. The van der Waals surface area contributed by atoms with Crippen molar-refractivity contribution in [1.29, 1.82) is 0 Å². The maximum absolute atomic E-state index is 11.3. The summed E-state index contributed by atoms with van der Waals surface area (Å²) in [7, 11) is 1.08. The van der Waals surface area contributed by atoms with Crippen LogP contribution in [0.1, 0.15) is 32.1 Å². The average Bonchev–Trinajstić information content (AvgIpc) is 2.31. The number of unbranched alkanes of at least 4 members (excludes halogenated alkanes) is 1. The second-order valence-corrected chi connectivity index (χ2v) is 9.91. The van der Waals surface area contributed by atoms with Gasteiger partial charge in [0.15, 0.2) is 8.32 Å². The van der Waals surface area contributed by atoms with Crippen molar-refractivity contribution in [3.63, 3.8) is 0 Å². The molecule has 112 valence electrons. The number of ether oxygens (including phenoxy) is 2. The van der Waals surface area contributed by atoms with Crippen molar-refractivity contribution >= 4 is 20.3 Å². The minimum atomic E-state index is -1.69. The largest absolute Gasteiger partial charge is 0.469 e. The summed E-state index contributed by atoms with van der Waals surface area (Å²) in [5.41, 5.74) is 0. The molecule has 0 bridgehead atoms. The Morgan fingerprint density at radius 2 is 1.58 bits per heavy atom. The van der Waals surface area contributed by atoms with Crippen LogP contribution in [0.3, 0.4) is 0 Å². The van der Waals surface area contributed by atoms with Gasteiger partial charge in [-0.3, -0.25) is 9.59 Å². The van der Waals surface area contributed by atoms with Gasteiger partial charge in [-0.25, -0.2) is 0 Å². The summed E-state index contributed by atoms with van der Waals surface area (Å²) in [5.74, 6) is -0.452. The molecule has 0 aromatic carbocycles. The summed E-state index contributed by atoms with van der Waals surface area (Å²) in [6.45, 7) is 6.27. The van der Waals surface area contributed by atoms with Crippen LogP contribution in [0, 0.1) is 0 Å². The lowest BCUT2D eigenvalue weighted by Crippen LogP contribution is -2.33. The fourth-order valence-electron chi connectivity index (χ4n) is 1.72. The molecule has 0 aliphatic heterocycles. The molecule has 0 aliphatic rings. The van der Waals surface area contributed by atoms with Gasteiger partial charge in [0.2, 0.25) is 0 Å². The summed E-state index contributed by atoms with van der Waals surface area (Å²) < 4.78 is 15.2. The van der Waals surface area contributed by atoms with Crippen LogP contribution >= 0.6 is 0 Å². The van der Waals surface area contributed by atoms with Crippen LogP contribution in [0.5, 0.6) is 0 Å². The van der Waals surface area contributed by atoms with Gasteiger partial charge in [0, 0.05) is 6.42 Å². The minimum Gasteiger partial charge on any atom is -0.469 e. The molecule has 0 aromatic rings. The zero-order valence-corrected chi connectivity index (χ0v) is 13.7. The Labute approximate surface area is 116 Å². The molecule has 0 amide bonds. The Morgan fingerprint density at radius 1 is 1.00 bits per heavy atom. The topological polar surface area (TPSA) is 61.8 Å². The third kappa shape index (κ3) is 10.7. The predicted octanol–water partition coefficient (Wildman–Crippen LogP) is 2.50. The van der Waals surface area contributed by atoms with Crippen LogP contribution in [0.2, 0.25) is 19.6 Å². The highest BCUT2D eigenvalue weighted by Gasteiger charge is 2.23. The molecule has 6 heteroatoms. The minimum absolute atomic E-state index is 0.114. The van der Waals surface area contributed by atoms with Crippen LogP contribution in [0.4, 0.5) is 0 Å². The predicted molar refractivity (Wildman–Crippen MR) is 75.3 cm³/mol. The summed E-state index contributed by atoms with van der Waals surface area (Å²) in [4.78, 5) is 22.3. The van der Waals surface area contributed by atoms with E-state index in [1.807, 2.05) is 0 Å². The van der Waals surface area contributed by atoms with E-state index in [4.69, 9.17) is 4.43 Å². The maximum Gasteiger partial charge on any atom is 0.308 e. The fourth-order valence-corrected chi connectivity index (χ4v) is 2.92. The number of rotatable bonds is 9. The highest BCUT2D eigenvalue weighted by atomic mass is 28.4. The lowest BCUT2D eigenvalue weighted by atomic mass is 10.1. The summed E-state index contributed by atoms with van der Waals surface area (Å²) in [5, 5.41) is 0. The average molecular weight is 290 g/mol. The van der Waals surface area contributed by atoms with Crippen LogP contribution in [0.25, 0.3) is 0 Å². The number of esters is 2. The van der Waals surface area contributed by atoms with E-state index in [0.717, 1.165) is 19.3 Å². The van der Waals surface area contributed by atoms with Crippen molar-refractivity contribution in [3.05, 3.63) is 0 Å². The first-order valence-corrected chi connectivity index (χ1v) is 10.0. The molecule has 0 heterocycles. The molecule has 0 radical (unpaired) electrons. The van der Waals surface area contributed by atoms with Crippen molar-refractivity contribution in [1.82, 2.24) is 0 Å². The third-order valence-corrected chi connectivity index (χ3v) is 3.57. The monoisotopic (exact) mass is 290 g/mol. The number of carbonyl (C=O) groups is 2. The molecule has 1 unspecified atom stereocenters. The van der Waals surface area contributed by atoms with E-state index in [9.17, 15) is 9.59 Å². The maximum atomic E-state index is 11.3. The van der Waals surface area contributed by atoms with Gasteiger partial charge >= 0.3 is 11.9 Å². The summed E-state index contributed by atoms with van der Waals surface area (Å²) >= 11 is 0. The standard InChI is InChI=1S/C13H26O5Si/c1-16-12(14)9-7-6-8-11(10-13(15)17-2)18-19(3,4)5/h11H,6-10H2,1-5H3. The number of hydrogen-bond acceptors (Lipinski definition) is 5. The van der Waals surface area contributed by atoms with Crippen molar-refractivity contribution in [2.75, 3.05) is 14.2 Å². The van der Waals surface area contributed by atoms with E-state index < -0.39 is 8.32 Å². The number of carbonyl (C=O) groups excluding carboxylic acids is 2. The molecule has 0 aliphatic carbocycles. The van der Waals surface area contributed by atoms with Crippen molar-refractivity contribution in [3.8, 4) is 0 Å². The molecular formula is C13H26O5Si. The van der Waals surface area contributed by atoms with Gasteiger partial charge < -0.3 is 13.9 Å². The van der Waals surface area contributed by atoms with E-state index in [0.29, 0.717) is 6.42 Å².